The van der Waals surface area contributed by atoms with E-state index in [9.17, 15) is 0 Å². The van der Waals surface area contributed by atoms with E-state index in [-0.39, 0.29) is 6.10 Å². The Bertz CT molecular complexity index is 341. The Hall–Kier alpha value is -0.380. The molecule has 2 nitrogen and oxygen atoms in total. The van der Waals surface area contributed by atoms with Crippen LogP contribution in [0.15, 0.2) is 28.7 Å². The van der Waals surface area contributed by atoms with Crippen molar-refractivity contribution in [1.82, 2.24) is 5.32 Å². The molecule has 0 radical (unpaired) electrons. The minimum Gasteiger partial charge on any atom is -0.372 e. The van der Waals surface area contributed by atoms with Crippen LogP contribution in [-0.2, 0) is 4.74 Å². The summed E-state index contributed by atoms with van der Waals surface area (Å²) in [6, 6.07) is 8.29. The van der Waals surface area contributed by atoms with E-state index in [0.717, 1.165) is 30.6 Å². The average molecular weight is 314 g/mol. The van der Waals surface area contributed by atoms with Gasteiger partial charge in [0.05, 0.1) is 6.10 Å². The summed E-state index contributed by atoms with van der Waals surface area (Å²) in [6.45, 7) is 9.20. The third kappa shape index (κ3) is 5.51. The van der Waals surface area contributed by atoms with Gasteiger partial charge in [0.25, 0.3) is 0 Å². The summed E-state index contributed by atoms with van der Waals surface area (Å²) in [5.41, 5.74) is 1.22. The van der Waals surface area contributed by atoms with E-state index in [1.807, 2.05) is 6.07 Å². The zero-order valence-electron chi connectivity index (χ0n) is 11.6. The van der Waals surface area contributed by atoms with Gasteiger partial charge in [-0.25, -0.2) is 0 Å². The monoisotopic (exact) mass is 313 g/mol. The van der Waals surface area contributed by atoms with Crippen LogP contribution in [0.25, 0.3) is 0 Å². The molecular weight excluding hydrogens is 290 g/mol. The first-order valence-corrected chi connectivity index (χ1v) is 7.51. The summed E-state index contributed by atoms with van der Waals surface area (Å²) in [7, 11) is 0. The zero-order valence-corrected chi connectivity index (χ0v) is 13.2. The summed E-state index contributed by atoms with van der Waals surface area (Å²) in [5, 5.41) is 3.37. The molecule has 1 aromatic rings. The lowest BCUT2D eigenvalue weighted by atomic mass is 10.1. The maximum atomic E-state index is 6.03. The Morgan fingerprint density at radius 3 is 2.61 bits per heavy atom. The highest BCUT2D eigenvalue weighted by molar-refractivity contribution is 9.10. The lowest BCUT2D eigenvalue weighted by Gasteiger charge is -2.20. The predicted octanol–water partition coefficient (Wildman–Crippen LogP) is 4.16. The van der Waals surface area contributed by atoms with Gasteiger partial charge in [-0.15, -0.1) is 0 Å². The molecule has 0 saturated carbocycles. The summed E-state index contributed by atoms with van der Waals surface area (Å²) in [6.07, 6.45) is 1.23. The van der Waals surface area contributed by atoms with Crippen LogP contribution in [0.1, 0.15) is 38.9 Å². The summed E-state index contributed by atoms with van der Waals surface area (Å²) in [5.74, 6) is 0.684. The topological polar surface area (TPSA) is 21.3 Å². The minimum atomic E-state index is 0.124. The van der Waals surface area contributed by atoms with Crippen molar-refractivity contribution in [1.29, 1.82) is 0 Å². The molecule has 0 fully saturated rings. The molecule has 1 N–H and O–H groups in total. The molecule has 0 amide bonds. The van der Waals surface area contributed by atoms with Crippen molar-refractivity contribution in [2.24, 2.45) is 5.92 Å². The van der Waals surface area contributed by atoms with Crippen molar-refractivity contribution >= 4 is 15.9 Å². The van der Waals surface area contributed by atoms with Crippen LogP contribution in [0.3, 0.4) is 0 Å². The summed E-state index contributed by atoms with van der Waals surface area (Å²) >= 11 is 3.60. The zero-order chi connectivity index (χ0) is 13.4. The number of likely N-dealkylation sites (N-methyl/N-ethyl adjacent to an activating group) is 1. The fourth-order valence-electron chi connectivity index (χ4n) is 1.72. The number of ether oxygens (including phenoxy) is 1. The Morgan fingerprint density at radius 1 is 1.28 bits per heavy atom. The first kappa shape index (κ1) is 15.7. The lowest BCUT2D eigenvalue weighted by molar-refractivity contribution is 0.0457. The summed E-state index contributed by atoms with van der Waals surface area (Å²) in [4.78, 5) is 0. The van der Waals surface area contributed by atoms with Crippen molar-refractivity contribution in [3.63, 3.8) is 0 Å². The normalized spacial score (nSPS) is 12.9. The smallest absolute Gasteiger partial charge is 0.0960 e. The Labute approximate surface area is 119 Å². The average Bonchev–Trinajstić information content (AvgIpc) is 2.34. The van der Waals surface area contributed by atoms with E-state index >= 15 is 0 Å². The third-order valence-electron chi connectivity index (χ3n) is 2.85. The van der Waals surface area contributed by atoms with Gasteiger partial charge >= 0.3 is 0 Å². The van der Waals surface area contributed by atoms with Gasteiger partial charge < -0.3 is 10.1 Å². The molecule has 0 spiro atoms. The van der Waals surface area contributed by atoms with Gasteiger partial charge in [0.1, 0.15) is 0 Å². The van der Waals surface area contributed by atoms with E-state index in [1.165, 1.54) is 5.56 Å². The molecule has 0 aromatic heterocycles. The molecule has 1 aromatic carbocycles. The van der Waals surface area contributed by atoms with Crippen LogP contribution in [0.4, 0.5) is 0 Å². The highest BCUT2D eigenvalue weighted by atomic mass is 79.9. The van der Waals surface area contributed by atoms with E-state index in [1.54, 1.807) is 0 Å². The molecule has 0 bridgehead atoms. The maximum absolute atomic E-state index is 6.03. The van der Waals surface area contributed by atoms with Crippen LogP contribution in [0.2, 0.25) is 0 Å². The highest BCUT2D eigenvalue weighted by Crippen LogP contribution is 2.25. The second-order valence-corrected chi connectivity index (χ2v) is 5.73. The van der Waals surface area contributed by atoms with Gasteiger partial charge in [0, 0.05) is 17.6 Å². The van der Waals surface area contributed by atoms with Crippen molar-refractivity contribution in [3.05, 3.63) is 34.3 Å². The van der Waals surface area contributed by atoms with Gasteiger partial charge in [-0.05, 0) is 30.5 Å². The van der Waals surface area contributed by atoms with Crippen LogP contribution in [0, 0.1) is 5.92 Å². The number of halogens is 1. The third-order valence-corrected chi connectivity index (χ3v) is 3.57. The van der Waals surface area contributed by atoms with Crippen molar-refractivity contribution in [2.75, 3.05) is 19.7 Å². The molecule has 18 heavy (non-hydrogen) atoms. The molecular formula is C15H24BrNO. The molecule has 0 heterocycles. The molecule has 1 rings (SSSR count). The predicted molar refractivity (Wildman–Crippen MR) is 80.8 cm³/mol. The van der Waals surface area contributed by atoms with Crippen LogP contribution in [0.5, 0.6) is 0 Å². The van der Waals surface area contributed by atoms with Gasteiger partial charge in [-0.3, -0.25) is 0 Å². The van der Waals surface area contributed by atoms with E-state index < -0.39 is 0 Å². The summed E-state index contributed by atoms with van der Waals surface area (Å²) < 4.78 is 7.15. The quantitative estimate of drug-likeness (QED) is 0.778. The van der Waals surface area contributed by atoms with Crippen molar-refractivity contribution in [2.45, 2.75) is 33.3 Å². The van der Waals surface area contributed by atoms with Crippen LogP contribution >= 0.6 is 15.9 Å². The fourth-order valence-corrected chi connectivity index (χ4v) is 2.26. The standard InChI is InChI=1S/C15H24BrNO/c1-4-17-11-15(18-10-9-12(2)3)13-7-5-6-8-14(13)16/h5-8,12,15,17H,4,9-11H2,1-3H3. The van der Waals surface area contributed by atoms with Gasteiger partial charge in [-0.2, -0.15) is 0 Å². The molecule has 1 unspecified atom stereocenters. The number of benzene rings is 1. The Morgan fingerprint density at radius 2 is 2.00 bits per heavy atom. The first-order valence-electron chi connectivity index (χ1n) is 6.71. The van der Waals surface area contributed by atoms with Crippen molar-refractivity contribution < 1.29 is 4.74 Å². The molecule has 0 saturated heterocycles. The molecule has 102 valence electrons. The van der Waals surface area contributed by atoms with Crippen molar-refractivity contribution in [3.8, 4) is 0 Å². The highest BCUT2D eigenvalue weighted by Gasteiger charge is 2.14. The molecule has 0 aliphatic rings. The minimum absolute atomic E-state index is 0.124. The molecule has 0 aliphatic heterocycles. The maximum Gasteiger partial charge on any atom is 0.0960 e. The van der Waals surface area contributed by atoms with E-state index in [4.69, 9.17) is 4.74 Å². The number of nitrogens with one attached hydrogen (secondary N) is 1. The second kappa shape index (κ2) is 8.68. The number of rotatable bonds is 8. The van der Waals surface area contributed by atoms with Crippen LogP contribution in [-0.4, -0.2) is 19.7 Å². The largest absolute Gasteiger partial charge is 0.372 e. The van der Waals surface area contributed by atoms with E-state index in [2.05, 4.69) is 60.2 Å². The number of hydrogen-bond donors (Lipinski definition) is 1. The Kier molecular flexibility index (Phi) is 7.56. The lowest BCUT2D eigenvalue weighted by Crippen LogP contribution is -2.24. The molecule has 0 aliphatic carbocycles. The SMILES string of the molecule is CCNCC(OCCC(C)C)c1ccccc1Br. The van der Waals surface area contributed by atoms with Crippen LogP contribution < -0.4 is 5.32 Å². The molecule has 1 atom stereocenters. The Balaban J connectivity index is 2.62. The van der Waals surface area contributed by atoms with E-state index in [0.29, 0.717) is 5.92 Å². The first-order chi connectivity index (χ1) is 8.65. The number of hydrogen-bond acceptors (Lipinski definition) is 2. The molecule has 3 heteroatoms. The van der Waals surface area contributed by atoms with Gasteiger partial charge in [0.2, 0.25) is 0 Å². The fraction of sp³-hybridized carbons (Fsp3) is 0.600. The van der Waals surface area contributed by atoms with Gasteiger partial charge in [-0.1, -0.05) is 54.9 Å². The van der Waals surface area contributed by atoms with Gasteiger partial charge in [0.15, 0.2) is 0 Å². The second-order valence-electron chi connectivity index (χ2n) is 4.87.